The van der Waals surface area contributed by atoms with Crippen LogP contribution in [0.5, 0.6) is 5.75 Å². The number of nitrogens with zero attached hydrogens (tertiary/aromatic N) is 1. The average Bonchev–Trinajstić information content (AvgIpc) is 2.69. The van der Waals surface area contributed by atoms with Crippen molar-refractivity contribution < 1.29 is 26.7 Å². The van der Waals surface area contributed by atoms with Crippen LogP contribution in [0, 0.1) is 5.92 Å². The molecule has 29 heavy (non-hydrogen) atoms. The van der Waals surface area contributed by atoms with E-state index in [0.29, 0.717) is 25.1 Å². The van der Waals surface area contributed by atoms with E-state index in [1.54, 1.807) is 12.1 Å². The molecule has 1 fully saturated rings. The number of carbonyl (C=O) groups excluding carboxylic acids is 1. The molecule has 1 aliphatic heterocycles. The lowest BCUT2D eigenvalue weighted by atomic mass is 9.99. The Bertz CT molecular complexity index is 953. The third kappa shape index (κ3) is 5.52. The third-order valence-electron chi connectivity index (χ3n) is 4.55. The van der Waals surface area contributed by atoms with Gasteiger partial charge in [0.25, 0.3) is 0 Å². The summed E-state index contributed by atoms with van der Waals surface area (Å²) in [5.41, 5.74) is 0.421. The molecule has 156 valence electrons. The number of amides is 1. The zero-order chi connectivity index (χ0) is 21.0. The molecule has 10 heteroatoms. The zero-order valence-electron chi connectivity index (χ0n) is 15.2. The van der Waals surface area contributed by atoms with Crippen LogP contribution in [-0.4, -0.2) is 38.3 Å². The number of rotatable bonds is 6. The van der Waals surface area contributed by atoms with Crippen molar-refractivity contribution in [1.82, 2.24) is 4.31 Å². The second-order valence-corrected chi connectivity index (χ2v) is 9.40. The molecule has 1 amide bonds. The summed E-state index contributed by atoms with van der Waals surface area (Å²) in [6.07, 6.45) is 1.12. The Labute approximate surface area is 176 Å². The van der Waals surface area contributed by atoms with E-state index in [2.05, 4.69) is 26.0 Å². The Hall–Kier alpha value is -2.04. The first-order valence-corrected chi connectivity index (χ1v) is 11.1. The molecule has 1 atom stereocenters. The topological polar surface area (TPSA) is 75.7 Å². The second-order valence-electron chi connectivity index (χ2n) is 6.55. The molecule has 0 aromatic heterocycles. The minimum atomic E-state index is -3.69. The van der Waals surface area contributed by atoms with Crippen LogP contribution in [0.25, 0.3) is 0 Å². The molecule has 0 saturated carbocycles. The molecule has 0 aliphatic carbocycles. The van der Waals surface area contributed by atoms with Gasteiger partial charge in [-0.15, -0.1) is 0 Å². The van der Waals surface area contributed by atoms with Crippen molar-refractivity contribution in [3.8, 4) is 5.75 Å². The van der Waals surface area contributed by atoms with Crippen molar-refractivity contribution in [3.63, 3.8) is 0 Å². The lowest BCUT2D eigenvalue weighted by Crippen LogP contribution is -2.43. The van der Waals surface area contributed by atoms with Gasteiger partial charge in [0, 0.05) is 23.2 Å². The van der Waals surface area contributed by atoms with Crippen molar-refractivity contribution in [2.24, 2.45) is 5.92 Å². The van der Waals surface area contributed by atoms with Gasteiger partial charge in [0.05, 0.1) is 10.8 Å². The van der Waals surface area contributed by atoms with E-state index in [-0.39, 0.29) is 23.1 Å². The number of anilines is 1. The van der Waals surface area contributed by atoms with Gasteiger partial charge in [-0.1, -0.05) is 15.9 Å². The number of hydrogen-bond acceptors (Lipinski definition) is 4. The molecule has 6 nitrogen and oxygen atoms in total. The quantitative estimate of drug-likeness (QED) is 0.664. The fourth-order valence-corrected chi connectivity index (χ4v) is 4.88. The molecule has 1 heterocycles. The van der Waals surface area contributed by atoms with Crippen LogP contribution in [0.15, 0.2) is 57.9 Å². The Morgan fingerprint density at radius 3 is 2.41 bits per heavy atom. The molecule has 1 unspecified atom stereocenters. The summed E-state index contributed by atoms with van der Waals surface area (Å²) in [5.74, 6) is -0.836. The van der Waals surface area contributed by atoms with E-state index in [9.17, 15) is 22.0 Å². The van der Waals surface area contributed by atoms with Gasteiger partial charge >= 0.3 is 6.61 Å². The number of nitrogens with one attached hydrogen (secondary N) is 1. The van der Waals surface area contributed by atoms with Crippen LogP contribution < -0.4 is 10.1 Å². The number of halogens is 3. The Kier molecular flexibility index (Phi) is 6.86. The van der Waals surface area contributed by atoms with Crippen molar-refractivity contribution in [2.45, 2.75) is 24.3 Å². The van der Waals surface area contributed by atoms with Crippen molar-refractivity contribution >= 4 is 37.5 Å². The summed E-state index contributed by atoms with van der Waals surface area (Å²) in [7, 11) is -3.69. The van der Waals surface area contributed by atoms with Crippen molar-refractivity contribution in [2.75, 3.05) is 18.4 Å². The Morgan fingerprint density at radius 2 is 1.79 bits per heavy atom. The number of alkyl halides is 2. The maximum absolute atomic E-state index is 12.9. The summed E-state index contributed by atoms with van der Waals surface area (Å²) in [4.78, 5) is 12.8. The molecular weight excluding hydrogens is 470 g/mol. The first-order chi connectivity index (χ1) is 13.8. The number of ether oxygens (including phenoxy) is 1. The van der Waals surface area contributed by atoms with Crippen LogP contribution in [0.4, 0.5) is 14.5 Å². The van der Waals surface area contributed by atoms with E-state index < -0.39 is 22.6 Å². The first kappa shape index (κ1) is 21.7. The zero-order valence-corrected chi connectivity index (χ0v) is 17.6. The van der Waals surface area contributed by atoms with E-state index in [1.165, 1.54) is 40.7 Å². The van der Waals surface area contributed by atoms with Crippen LogP contribution in [0.1, 0.15) is 12.8 Å². The average molecular weight is 489 g/mol. The van der Waals surface area contributed by atoms with Gasteiger partial charge in [-0.25, -0.2) is 8.42 Å². The summed E-state index contributed by atoms with van der Waals surface area (Å²) in [6, 6.07) is 11.9. The highest BCUT2D eigenvalue weighted by molar-refractivity contribution is 9.10. The van der Waals surface area contributed by atoms with E-state index >= 15 is 0 Å². The van der Waals surface area contributed by atoms with Gasteiger partial charge in [0.1, 0.15) is 5.75 Å². The van der Waals surface area contributed by atoms with E-state index in [4.69, 9.17) is 0 Å². The second kappa shape index (κ2) is 9.19. The Balaban J connectivity index is 1.65. The molecule has 1 N–H and O–H groups in total. The number of hydrogen-bond donors (Lipinski definition) is 1. The lowest BCUT2D eigenvalue weighted by molar-refractivity contribution is -0.120. The maximum atomic E-state index is 12.9. The SMILES string of the molecule is O=C(Nc1ccc(OC(F)F)cc1)C1CCCN(S(=O)(=O)c2ccc(Br)cc2)C1. The minimum absolute atomic E-state index is 0.0116. The van der Waals surface area contributed by atoms with Gasteiger partial charge < -0.3 is 10.1 Å². The van der Waals surface area contributed by atoms with Crippen molar-refractivity contribution in [1.29, 1.82) is 0 Å². The first-order valence-electron chi connectivity index (χ1n) is 8.87. The molecular formula is C19H19BrF2N2O4S. The molecule has 0 bridgehead atoms. The van der Waals surface area contributed by atoms with Gasteiger partial charge in [-0.3, -0.25) is 4.79 Å². The number of sulfonamides is 1. The highest BCUT2D eigenvalue weighted by Gasteiger charge is 2.33. The van der Waals surface area contributed by atoms with E-state index in [0.717, 1.165) is 4.47 Å². The van der Waals surface area contributed by atoms with E-state index in [1.807, 2.05) is 0 Å². The molecule has 0 spiro atoms. The van der Waals surface area contributed by atoms with Gasteiger partial charge in [0.2, 0.25) is 15.9 Å². The predicted molar refractivity (Wildman–Crippen MR) is 107 cm³/mol. The molecule has 3 rings (SSSR count). The van der Waals surface area contributed by atoms with Gasteiger partial charge in [-0.05, 0) is 61.4 Å². The summed E-state index contributed by atoms with van der Waals surface area (Å²) < 4.78 is 56.5. The molecule has 1 aliphatic rings. The fourth-order valence-electron chi connectivity index (χ4n) is 3.09. The predicted octanol–water partition coefficient (Wildman–Crippen LogP) is 4.09. The summed E-state index contributed by atoms with van der Waals surface area (Å²) in [6.45, 7) is -2.49. The maximum Gasteiger partial charge on any atom is 0.387 e. The van der Waals surface area contributed by atoms with Crippen LogP contribution in [-0.2, 0) is 14.8 Å². The smallest absolute Gasteiger partial charge is 0.387 e. The molecule has 0 radical (unpaired) electrons. The minimum Gasteiger partial charge on any atom is -0.435 e. The monoisotopic (exact) mass is 488 g/mol. The number of carbonyl (C=O) groups is 1. The Morgan fingerprint density at radius 1 is 1.14 bits per heavy atom. The van der Waals surface area contributed by atoms with Crippen LogP contribution in [0.2, 0.25) is 0 Å². The summed E-state index contributed by atoms with van der Waals surface area (Å²) in [5, 5.41) is 2.70. The third-order valence-corrected chi connectivity index (χ3v) is 6.96. The normalized spacial score (nSPS) is 17.9. The molecule has 2 aromatic rings. The summed E-state index contributed by atoms with van der Waals surface area (Å²) >= 11 is 3.28. The largest absolute Gasteiger partial charge is 0.435 e. The number of piperidine rings is 1. The van der Waals surface area contributed by atoms with Crippen LogP contribution in [0.3, 0.4) is 0 Å². The fraction of sp³-hybridized carbons (Fsp3) is 0.316. The van der Waals surface area contributed by atoms with Gasteiger partial charge in [-0.2, -0.15) is 13.1 Å². The van der Waals surface area contributed by atoms with Crippen LogP contribution >= 0.6 is 15.9 Å². The number of benzene rings is 2. The van der Waals surface area contributed by atoms with Crippen molar-refractivity contribution in [3.05, 3.63) is 53.0 Å². The molecule has 1 saturated heterocycles. The highest BCUT2D eigenvalue weighted by Crippen LogP contribution is 2.26. The highest BCUT2D eigenvalue weighted by atomic mass is 79.9. The lowest BCUT2D eigenvalue weighted by Gasteiger charge is -2.31. The standard InChI is InChI=1S/C19H19BrF2N2O4S/c20-14-3-9-17(10-4-14)29(26,27)24-11-1-2-13(12-24)18(25)23-15-5-7-16(8-6-15)28-19(21)22/h3-10,13,19H,1-2,11-12H2,(H,23,25). The van der Waals surface area contributed by atoms with Gasteiger partial charge in [0.15, 0.2) is 0 Å². The molecule has 2 aromatic carbocycles.